The van der Waals surface area contributed by atoms with Gasteiger partial charge in [-0.25, -0.2) is 0 Å². The van der Waals surface area contributed by atoms with Gasteiger partial charge < -0.3 is 4.98 Å². The van der Waals surface area contributed by atoms with Crippen molar-refractivity contribution in [1.82, 2.24) is 4.98 Å². The minimum Gasteiger partial charge on any atom is -0.362 e. The lowest BCUT2D eigenvalue weighted by atomic mass is 9.64. The summed E-state index contributed by atoms with van der Waals surface area (Å²) in [6.45, 7) is 3.91. The van der Waals surface area contributed by atoms with E-state index in [0.29, 0.717) is 12.8 Å². The van der Waals surface area contributed by atoms with E-state index in [1.807, 2.05) is 19.9 Å². The predicted molar refractivity (Wildman–Crippen MR) is 51.8 cm³/mol. The van der Waals surface area contributed by atoms with Gasteiger partial charge in [0.25, 0.3) is 0 Å². The number of ketones is 1. The number of nitrogens with zero attached hydrogens (tertiary/aromatic N) is 1. The topological polar surface area (TPSA) is 56.6 Å². The molecule has 0 spiro atoms. The molecule has 0 atom stereocenters. The molecule has 14 heavy (non-hydrogen) atoms. The first kappa shape index (κ1) is 9.01. The number of aromatic amines is 1. The van der Waals surface area contributed by atoms with Gasteiger partial charge in [-0.3, -0.25) is 4.79 Å². The summed E-state index contributed by atoms with van der Waals surface area (Å²) in [6.07, 6.45) is 0.753. The van der Waals surface area contributed by atoms with Crippen molar-refractivity contribution in [2.24, 2.45) is 0 Å². The number of hydrogen-bond acceptors (Lipinski definition) is 2. The van der Waals surface area contributed by atoms with Crippen LogP contribution in [0.3, 0.4) is 0 Å². The molecule has 72 valence electrons. The third kappa shape index (κ3) is 1.07. The van der Waals surface area contributed by atoms with Crippen LogP contribution in [0.15, 0.2) is 6.07 Å². The normalized spacial score (nSPS) is 18.8. The molecule has 1 heterocycles. The summed E-state index contributed by atoms with van der Waals surface area (Å²) in [5.74, 6) is 0.185. The smallest absolute Gasteiger partial charge is 0.136 e. The van der Waals surface area contributed by atoms with Crippen LogP contribution in [0.25, 0.3) is 0 Å². The summed E-state index contributed by atoms with van der Waals surface area (Å²) >= 11 is 0. The van der Waals surface area contributed by atoms with Crippen molar-refractivity contribution in [3.8, 4) is 6.07 Å². The molecular formula is C11H12N2O. The zero-order valence-corrected chi connectivity index (χ0v) is 8.35. The number of aryl methyl sites for hydroxylation is 2. The van der Waals surface area contributed by atoms with E-state index >= 15 is 0 Å². The lowest BCUT2D eigenvalue weighted by Crippen LogP contribution is -2.40. The second kappa shape index (κ2) is 2.71. The van der Waals surface area contributed by atoms with Gasteiger partial charge in [-0.15, -0.1) is 0 Å². The van der Waals surface area contributed by atoms with Crippen LogP contribution in [0, 0.1) is 25.2 Å². The Balaban J connectivity index is 2.44. The summed E-state index contributed by atoms with van der Waals surface area (Å²) in [7, 11) is 0. The van der Waals surface area contributed by atoms with Crippen LogP contribution in [0.5, 0.6) is 0 Å². The van der Waals surface area contributed by atoms with Gasteiger partial charge in [-0.05, 0) is 25.5 Å². The van der Waals surface area contributed by atoms with Crippen molar-refractivity contribution in [2.45, 2.75) is 32.1 Å². The fourth-order valence-electron chi connectivity index (χ4n) is 2.17. The van der Waals surface area contributed by atoms with Gasteiger partial charge in [0.15, 0.2) is 0 Å². The number of carbonyl (C=O) groups excluding carboxylic acids is 1. The first-order chi connectivity index (χ1) is 6.57. The van der Waals surface area contributed by atoms with Crippen LogP contribution in [-0.4, -0.2) is 10.8 Å². The molecule has 0 aromatic carbocycles. The van der Waals surface area contributed by atoms with E-state index < -0.39 is 5.41 Å². The Morgan fingerprint density at radius 1 is 1.50 bits per heavy atom. The van der Waals surface area contributed by atoms with Crippen LogP contribution in [-0.2, 0) is 10.2 Å². The maximum atomic E-state index is 11.0. The van der Waals surface area contributed by atoms with Crippen molar-refractivity contribution < 1.29 is 4.79 Å². The molecule has 0 saturated heterocycles. The minimum absolute atomic E-state index is 0.185. The highest BCUT2D eigenvalue weighted by atomic mass is 16.1. The van der Waals surface area contributed by atoms with E-state index in [1.165, 1.54) is 0 Å². The van der Waals surface area contributed by atoms with Crippen LogP contribution >= 0.6 is 0 Å². The number of rotatable bonds is 1. The van der Waals surface area contributed by atoms with Crippen LogP contribution in [0.4, 0.5) is 0 Å². The molecule has 1 aromatic rings. The second-order valence-electron chi connectivity index (χ2n) is 4.08. The van der Waals surface area contributed by atoms with Gasteiger partial charge in [-0.1, -0.05) is 0 Å². The van der Waals surface area contributed by atoms with Gasteiger partial charge in [0, 0.05) is 24.2 Å². The summed E-state index contributed by atoms with van der Waals surface area (Å²) in [4.78, 5) is 14.2. The first-order valence-electron chi connectivity index (χ1n) is 4.67. The highest BCUT2D eigenvalue weighted by Crippen LogP contribution is 2.42. The van der Waals surface area contributed by atoms with Crippen LogP contribution in [0.1, 0.15) is 29.8 Å². The van der Waals surface area contributed by atoms with Crippen molar-refractivity contribution >= 4 is 5.78 Å². The number of hydrogen-bond donors (Lipinski definition) is 1. The largest absolute Gasteiger partial charge is 0.362 e. The van der Waals surface area contributed by atoms with Crippen LogP contribution in [0.2, 0.25) is 0 Å². The molecule has 1 fully saturated rings. The van der Waals surface area contributed by atoms with E-state index in [-0.39, 0.29) is 5.78 Å². The first-order valence-corrected chi connectivity index (χ1v) is 4.67. The van der Waals surface area contributed by atoms with Gasteiger partial charge in [0.1, 0.15) is 5.78 Å². The second-order valence-corrected chi connectivity index (χ2v) is 4.08. The van der Waals surface area contributed by atoms with Crippen molar-refractivity contribution in [3.05, 3.63) is 23.0 Å². The monoisotopic (exact) mass is 188 g/mol. The van der Waals surface area contributed by atoms with Crippen molar-refractivity contribution in [2.75, 3.05) is 0 Å². The van der Waals surface area contributed by atoms with Gasteiger partial charge in [0.2, 0.25) is 0 Å². The highest BCUT2D eigenvalue weighted by molar-refractivity contribution is 5.90. The van der Waals surface area contributed by atoms with Gasteiger partial charge in [-0.2, -0.15) is 5.26 Å². The molecule has 2 rings (SSSR count). The number of nitriles is 1. The Kier molecular flexibility index (Phi) is 1.75. The minimum atomic E-state index is -0.536. The Morgan fingerprint density at radius 3 is 2.50 bits per heavy atom. The fraction of sp³-hybridized carbons (Fsp3) is 0.455. The van der Waals surface area contributed by atoms with Crippen LogP contribution < -0.4 is 0 Å². The van der Waals surface area contributed by atoms with Crippen molar-refractivity contribution in [1.29, 1.82) is 5.26 Å². The Morgan fingerprint density at radius 2 is 2.14 bits per heavy atom. The Labute approximate surface area is 82.7 Å². The van der Waals surface area contributed by atoms with E-state index in [1.54, 1.807) is 0 Å². The number of carbonyl (C=O) groups is 1. The SMILES string of the molecule is Cc1cc(C2(C#N)CC(=O)C2)c(C)[nH]1. The third-order valence-electron chi connectivity index (χ3n) is 2.88. The molecule has 0 bridgehead atoms. The average Bonchev–Trinajstić information content (AvgIpc) is 2.40. The molecular weight excluding hydrogens is 176 g/mol. The molecule has 3 nitrogen and oxygen atoms in total. The zero-order valence-electron chi connectivity index (χ0n) is 8.35. The number of H-pyrrole nitrogens is 1. The Hall–Kier alpha value is -1.56. The summed E-state index contributed by atoms with van der Waals surface area (Å²) in [5, 5.41) is 9.13. The maximum Gasteiger partial charge on any atom is 0.136 e. The average molecular weight is 188 g/mol. The number of Topliss-reactive ketones (excluding diaryl/α,β-unsaturated/α-hetero) is 1. The molecule has 1 N–H and O–H groups in total. The Bertz CT molecular complexity index is 429. The van der Waals surface area contributed by atoms with E-state index in [0.717, 1.165) is 17.0 Å². The van der Waals surface area contributed by atoms with E-state index in [9.17, 15) is 4.79 Å². The fourth-order valence-corrected chi connectivity index (χ4v) is 2.17. The summed E-state index contributed by atoms with van der Waals surface area (Å²) < 4.78 is 0. The zero-order chi connectivity index (χ0) is 10.3. The lowest BCUT2D eigenvalue weighted by Gasteiger charge is -2.33. The lowest BCUT2D eigenvalue weighted by molar-refractivity contribution is -0.126. The molecule has 1 aliphatic carbocycles. The molecule has 3 heteroatoms. The van der Waals surface area contributed by atoms with E-state index in [2.05, 4.69) is 11.1 Å². The molecule has 1 aliphatic rings. The third-order valence-corrected chi connectivity index (χ3v) is 2.88. The number of aromatic nitrogens is 1. The predicted octanol–water partition coefficient (Wildman–Crippen LogP) is 1.76. The number of nitrogens with one attached hydrogen (secondary N) is 1. The molecule has 0 unspecified atom stereocenters. The molecule has 1 aromatic heterocycles. The van der Waals surface area contributed by atoms with E-state index in [4.69, 9.17) is 5.26 Å². The van der Waals surface area contributed by atoms with Gasteiger partial charge in [0.05, 0.1) is 11.5 Å². The maximum absolute atomic E-state index is 11.0. The summed E-state index contributed by atoms with van der Waals surface area (Å²) in [5.41, 5.74) is 2.52. The van der Waals surface area contributed by atoms with Gasteiger partial charge >= 0.3 is 0 Å². The summed E-state index contributed by atoms with van der Waals surface area (Å²) in [6, 6.07) is 4.25. The quantitative estimate of drug-likeness (QED) is 0.730. The molecule has 1 saturated carbocycles. The molecule has 0 aliphatic heterocycles. The highest BCUT2D eigenvalue weighted by Gasteiger charge is 2.46. The molecule has 0 radical (unpaired) electrons. The standard InChI is InChI=1S/C11H12N2O/c1-7-3-10(8(2)13-7)11(6-12)4-9(14)5-11/h3,13H,4-5H2,1-2H3. The van der Waals surface area contributed by atoms with Crippen molar-refractivity contribution in [3.63, 3.8) is 0 Å². The molecule has 0 amide bonds.